The van der Waals surface area contributed by atoms with Crippen LogP contribution in [0.4, 0.5) is 0 Å². The van der Waals surface area contributed by atoms with Crippen molar-refractivity contribution in [2.45, 2.75) is 19.8 Å². The lowest BCUT2D eigenvalue weighted by Crippen LogP contribution is -2.36. The quantitative estimate of drug-likeness (QED) is 0.671. The Bertz CT molecular complexity index is 243. The van der Waals surface area contributed by atoms with Crippen LogP contribution in [0, 0.1) is 5.92 Å². The molecule has 1 rings (SSSR count). The zero-order valence-corrected chi connectivity index (χ0v) is 9.03. The normalized spacial score (nSPS) is 21.5. The van der Waals surface area contributed by atoms with Crippen molar-refractivity contribution in [2.24, 2.45) is 5.92 Å². The fourth-order valence-corrected chi connectivity index (χ4v) is 1.70. The Morgan fingerprint density at radius 2 is 2.27 bits per heavy atom. The van der Waals surface area contributed by atoms with Crippen molar-refractivity contribution in [1.82, 2.24) is 10.2 Å². The number of hydrogen-bond donors (Lipinski definition) is 2. The lowest BCUT2D eigenvalue weighted by molar-refractivity contribution is -0.141. The first-order chi connectivity index (χ1) is 7.13. The van der Waals surface area contributed by atoms with E-state index in [0.29, 0.717) is 32.6 Å². The van der Waals surface area contributed by atoms with Crippen molar-refractivity contribution in [3.63, 3.8) is 0 Å². The molecule has 1 heterocycles. The molecule has 0 unspecified atom stereocenters. The Hall–Kier alpha value is -1.10. The van der Waals surface area contributed by atoms with E-state index in [-0.39, 0.29) is 11.8 Å². The molecule has 0 spiro atoms. The van der Waals surface area contributed by atoms with Crippen LogP contribution in [0.2, 0.25) is 0 Å². The van der Waals surface area contributed by atoms with E-state index >= 15 is 0 Å². The van der Waals surface area contributed by atoms with Gasteiger partial charge in [-0.15, -0.1) is 0 Å². The molecule has 1 saturated heterocycles. The summed E-state index contributed by atoms with van der Waals surface area (Å²) in [4.78, 5) is 23.9. The minimum atomic E-state index is -0.758. The second kappa shape index (κ2) is 5.70. The van der Waals surface area contributed by atoms with Crippen LogP contribution in [0.3, 0.4) is 0 Å². The first-order valence-electron chi connectivity index (χ1n) is 5.35. The van der Waals surface area contributed by atoms with Crippen molar-refractivity contribution in [2.75, 3.05) is 26.2 Å². The van der Waals surface area contributed by atoms with E-state index in [2.05, 4.69) is 5.32 Å². The fraction of sp³-hybridized carbons (Fsp3) is 0.800. The minimum absolute atomic E-state index is 0.0112. The van der Waals surface area contributed by atoms with E-state index in [1.807, 2.05) is 11.8 Å². The second-order valence-corrected chi connectivity index (χ2v) is 3.91. The lowest BCUT2D eigenvalue weighted by Gasteiger charge is -2.14. The summed E-state index contributed by atoms with van der Waals surface area (Å²) in [5, 5.41) is 11.6. The third kappa shape index (κ3) is 3.87. The number of rotatable bonds is 5. The third-order valence-corrected chi connectivity index (χ3v) is 2.56. The van der Waals surface area contributed by atoms with Gasteiger partial charge in [-0.25, -0.2) is 0 Å². The average Bonchev–Trinajstić information content (AvgIpc) is 2.63. The van der Waals surface area contributed by atoms with E-state index < -0.39 is 5.97 Å². The number of amides is 1. The number of aliphatic carboxylic acids is 1. The SMILES string of the molecule is CCCNC(=O)CN1CC[C@H](C(=O)O)C1. The van der Waals surface area contributed by atoms with Gasteiger partial charge in [0.2, 0.25) is 5.91 Å². The monoisotopic (exact) mass is 214 g/mol. The number of likely N-dealkylation sites (tertiary alicyclic amines) is 1. The summed E-state index contributed by atoms with van der Waals surface area (Å²) >= 11 is 0. The molecule has 2 N–H and O–H groups in total. The molecule has 1 amide bonds. The van der Waals surface area contributed by atoms with Crippen molar-refractivity contribution in [1.29, 1.82) is 0 Å². The maximum atomic E-state index is 11.3. The Kier molecular flexibility index (Phi) is 4.55. The van der Waals surface area contributed by atoms with Crippen LogP contribution in [0.15, 0.2) is 0 Å². The Labute approximate surface area is 89.4 Å². The molecule has 1 atom stereocenters. The molecular formula is C10H18N2O3. The van der Waals surface area contributed by atoms with Crippen LogP contribution in [-0.4, -0.2) is 48.1 Å². The van der Waals surface area contributed by atoms with Crippen molar-refractivity contribution in [3.05, 3.63) is 0 Å². The fourth-order valence-electron chi connectivity index (χ4n) is 1.70. The highest BCUT2D eigenvalue weighted by molar-refractivity contribution is 5.78. The molecule has 1 aliphatic rings. The van der Waals surface area contributed by atoms with Crippen LogP contribution in [0.25, 0.3) is 0 Å². The number of carbonyl (C=O) groups is 2. The number of carboxylic acids is 1. The summed E-state index contributed by atoms with van der Waals surface area (Å²) in [7, 11) is 0. The van der Waals surface area contributed by atoms with Gasteiger partial charge in [0.1, 0.15) is 0 Å². The van der Waals surface area contributed by atoms with Crippen LogP contribution >= 0.6 is 0 Å². The molecule has 5 nitrogen and oxygen atoms in total. The Balaban J connectivity index is 2.23. The summed E-state index contributed by atoms with van der Waals surface area (Å²) in [6, 6.07) is 0. The molecule has 0 saturated carbocycles. The molecule has 0 bridgehead atoms. The van der Waals surface area contributed by atoms with Gasteiger partial charge in [0.05, 0.1) is 12.5 Å². The molecule has 0 aromatic carbocycles. The summed E-state index contributed by atoms with van der Waals surface area (Å²) in [6.45, 7) is 4.21. The minimum Gasteiger partial charge on any atom is -0.481 e. The van der Waals surface area contributed by atoms with E-state index in [9.17, 15) is 9.59 Å². The molecule has 1 aliphatic heterocycles. The highest BCUT2D eigenvalue weighted by atomic mass is 16.4. The topological polar surface area (TPSA) is 69.6 Å². The molecule has 0 radical (unpaired) electrons. The van der Waals surface area contributed by atoms with E-state index in [1.54, 1.807) is 0 Å². The standard InChI is InChI=1S/C10H18N2O3/c1-2-4-11-9(13)7-12-5-3-8(6-12)10(14)15/h8H,2-7H2,1H3,(H,11,13)(H,14,15)/t8-/m0/s1. The number of hydrogen-bond acceptors (Lipinski definition) is 3. The highest BCUT2D eigenvalue weighted by Gasteiger charge is 2.28. The third-order valence-electron chi connectivity index (χ3n) is 2.56. The molecular weight excluding hydrogens is 196 g/mol. The maximum absolute atomic E-state index is 11.3. The first-order valence-corrected chi connectivity index (χ1v) is 5.35. The number of carboxylic acid groups (broad SMARTS) is 1. The van der Waals surface area contributed by atoms with Gasteiger partial charge in [0, 0.05) is 13.1 Å². The zero-order valence-electron chi connectivity index (χ0n) is 9.03. The average molecular weight is 214 g/mol. The van der Waals surface area contributed by atoms with Gasteiger partial charge >= 0.3 is 5.97 Å². The lowest BCUT2D eigenvalue weighted by atomic mass is 10.1. The van der Waals surface area contributed by atoms with Gasteiger partial charge in [-0.05, 0) is 19.4 Å². The first kappa shape index (κ1) is 12.0. The predicted molar refractivity (Wildman–Crippen MR) is 55.5 cm³/mol. The molecule has 86 valence electrons. The molecule has 5 heteroatoms. The smallest absolute Gasteiger partial charge is 0.307 e. The molecule has 0 aromatic heterocycles. The van der Waals surface area contributed by atoms with Gasteiger partial charge in [0.25, 0.3) is 0 Å². The van der Waals surface area contributed by atoms with Crippen LogP contribution in [0.5, 0.6) is 0 Å². The summed E-state index contributed by atoms with van der Waals surface area (Å²) in [6.07, 6.45) is 1.57. The van der Waals surface area contributed by atoms with Gasteiger partial charge in [-0.3, -0.25) is 14.5 Å². The van der Waals surface area contributed by atoms with Crippen molar-refractivity contribution < 1.29 is 14.7 Å². The molecule has 0 aliphatic carbocycles. The summed E-state index contributed by atoms with van der Waals surface area (Å²) in [5.74, 6) is -1.07. The Morgan fingerprint density at radius 1 is 1.53 bits per heavy atom. The highest BCUT2D eigenvalue weighted by Crippen LogP contribution is 2.15. The molecule has 15 heavy (non-hydrogen) atoms. The van der Waals surface area contributed by atoms with E-state index in [1.165, 1.54) is 0 Å². The van der Waals surface area contributed by atoms with Gasteiger partial charge in [-0.1, -0.05) is 6.92 Å². The van der Waals surface area contributed by atoms with Crippen molar-refractivity contribution >= 4 is 11.9 Å². The van der Waals surface area contributed by atoms with Gasteiger partial charge in [0.15, 0.2) is 0 Å². The Morgan fingerprint density at radius 3 is 2.80 bits per heavy atom. The number of carbonyl (C=O) groups excluding carboxylic acids is 1. The van der Waals surface area contributed by atoms with Gasteiger partial charge < -0.3 is 10.4 Å². The van der Waals surface area contributed by atoms with E-state index in [0.717, 1.165) is 6.42 Å². The molecule has 1 fully saturated rings. The van der Waals surface area contributed by atoms with Crippen molar-refractivity contribution in [3.8, 4) is 0 Å². The predicted octanol–water partition coefficient (Wildman–Crippen LogP) is -0.0809. The van der Waals surface area contributed by atoms with E-state index in [4.69, 9.17) is 5.11 Å². The largest absolute Gasteiger partial charge is 0.481 e. The summed E-state index contributed by atoms with van der Waals surface area (Å²) in [5.41, 5.74) is 0. The molecule has 0 aromatic rings. The number of nitrogens with one attached hydrogen (secondary N) is 1. The maximum Gasteiger partial charge on any atom is 0.307 e. The van der Waals surface area contributed by atoms with Crippen LogP contribution < -0.4 is 5.32 Å². The van der Waals surface area contributed by atoms with Crippen LogP contribution in [-0.2, 0) is 9.59 Å². The zero-order chi connectivity index (χ0) is 11.3. The summed E-state index contributed by atoms with van der Waals surface area (Å²) < 4.78 is 0. The van der Waals surface area contributed by atoms with Gasteiger partial charge in [-0.2, -0.15) is 0 Å². The van der Waals surface area contributed by atoms with Crippen LogP contribution in [0.1, 0.15) is 19.8 Å². The number of nitrogens with zero attached hydrogens (tertiary/aromatic N) is 1. The second-order valence-electron chi connectivity index (χ2n) is 3.91.